The molecular formula is C20H28BN3O4. The second-order valence-electron chi connectivity index (χ2n) is 8.75. The zero-order chi connectivity index (χ0) is 21.2. The molecule has 7 nitrogen and oxygen atoms in total. The lowest BCUT2D eigenvalue weighted by atomic mass is 9.77. The number of nitrogens with one attached hydrogen (secondary N) is 1. The van der Waals surface area contributed by atoms with Crippen molar-refractivity contribution in [2.45, 2.75) is 65.3 Å². The van der Waals surface area contributed by atoms with Crippen molar-refractivity contribution in [2.24, 2.45) is 0 Å². The lowest BCUT2D eigenvalue weighted by molar-refractivity contribution is 0.00578. The van der Waals surface area contributed by atoms with Crippen LogP contribution in [0.3, 0.4) is 0 Å². The molecular weight excluding hydrogens is 357 g/mol. The van der Waals surface area contributed by atoms with E-state index >= 15 is 0 Å². The molecule has 1 N–H and O–H groups in total. The molecule has 1 saturated heterocycles. The largest absolute Gasteiger partial charge is 0.492 e. The predicted octanol–water partition coefficient (Wildman–Crippen LogP) is 3.49. The van der Waals surface area contributed by atoms with Gasteiger partial charge >= 0.3 is 13.2 Å². The first-order valence-electron chi connectivity index (χ1n) is 9.22. The smallest absolute Gasteiger partial charge is 0.444 e. The van der Waals surface area contributed by atoms with E-state index in [1.807, 2.05) is 33.8 Å². The number of carbonyl (C=O) groups is 1. The van der Waals surface area contributed by atoms with Crippen LogP contribution in [0, 0.1) is 11.3 Å². The van der Waals surface area contributed by atoms with E-state index in [4.69, 9.17) is 19.3 Å². The molecule has 1 amide bonds. The highest BCUT2D eigenvalue weighted by Crippen LogP contribution is 2.38. The summed E-state index contributed by atoms with van der Waals surface area (Å²) < 4.78 is 17.5. The molecule has 1 aliphatic heterocycles. The molecule has 28 heavy (non-hydrogen) atoms. The average Bonchev–Trinajstić information content (AvgIpc) is 2.78. The maximum atomic E-state index is 12.1. The molecule has 0 atom stereocenters. The van der Waals surface area contributed by atoms with Gasteiger partial charge in [-0.3, -0.25) is 4.98 Å². The summed E-state index contributed by atoms with van der Waals surface area (Å²) in [7, 11) is -0.641. The quantitative estimate of drug-likeness (QED) is 0.798. The zero-order valence-electron chi connectivity index (χ0n) is 17.6. The molecule has 0 aromatic carbocycles. The Hall–Kier alpha value is -2.37. The first-order valence-corrected chi connectivity index (χ1v) is 9.22. The van der Waals surface area contributed by atoms with Crippen molar-refractivity contribution >= 4 is 19.3 Å². The van der Waals surface area contributed by atoms with Gasteiger partial charge in [-0.2, -0.15) is 5.26 Å². The number of aromatic nitrogens is 1. The first-order chi connectivity index (χ1) is 12.8. The Morgan fingerprint density at radius 2 is 1.89 bits per heavy atom. The number of carbonyl (C=O) groups excluding carboxylic acids is 1. The molecule has 0 radical (unpaired) electrons. The number of amides is 1. The van der Waals surface area contributed by atoms with Gasteiger partial charge in [-0.1, -0.05) is 0 Å². The molecule has 1 aliphatic rings. The van der Waals surface area contributed by atoms with E-state index in [1.54, 1.807) is 39.0 Å². The van der Waals surface area contributed by atoms with Gasteiger partial charge in [-0.25, -0.2) is 4.79 Å². The van der Waals surface area contributed by atoms with Gasteiger partial charge in [-0.15, -0.1) is 0 Å². The lowest BCUT2D eigenvalue weighted by Crippen LogP contribution is -2.41. The van der Waals surface area contributed by atoms with Crippen LogP contribution in [0.1, 0.15) is 59.7 Å². The highest BCUT2D eigenvalue weighted by molar-refractivity contribution is 6.56. The van der Waals surface area contributed by atoms with Gasteiger partial charge in [0.2, 0.25) is 0 Å². The molecule has 1 aromatic rings. The van der Waals surface area contributed by atoms with Crippen molar-refractivity contribution in [3.05, 3.63) is 35.1 Å². The Kier molecular flexibility index (Phi) is 6.22. The SMILES string of the molecule is CC(C)(C)OC(=O)NCC(=Cc1ccc(C#N)cn1)B1OC(C)(C)C(C)(C)O1. The molecule has 2 heterocycles. The van der Waals surface area contributed by atoms with Gasteiger partial charge in [0, 0.05) is 12.7 Å². The average molecular weight is 385 g/mol. The minimum Gasteiger partial charge on any atom is -0.444 e. The predicted molar refractivity (Wildman–Crippen MR) is 107 cm³/mol. The van der Waals surface area contributed by atoms with Crippen LogP contribution in [0.2, 0.25) is 0 Å². The van der Waals surface area contributed by atoms with Crippen LogP contribution >= 0.6 is 0 Å². The number of hydrogen-bond donors (Lipinski definition) is 1. The van der Waals surface area contributed by atoms with Crippen LogP contribution in [0.25, 0.3) is 6.08 Å². The van der Waals surface area contributed by atoms with Crippen LogP contribution in [-0.4, -0.2) is 41.5 Å². The molecule has 0 unspecified atom stereocenters. The molecule has 2 rings (SSSR count). The van der Waals surface area contributed by atoms with Crippen molar-refractivity contribution in [2.75, 3.05) is 6.54 Å². The van der Waals surface area contributed by atoms with Crippen molar-refractivity contribution < 1.29 is 18.8 Å². The van der Waals surface area contributed by atoms with E-state index in [1.165, 1.54) is 6.20 Å². The Bertz CT molecular complexity index is 773. The molecule has 1 fully saturated rings. The number of ether oxygens (including phenoxy) is 1. The number of nitrogens with zero attached hydrogens (tertiary/aromatic N) is 2. The minimum atomic E-state index is -0.641. The number of hydrogen-bond acceptors (Lipinski definition) is 6. The zero-order valence-corrected chi connectivity index (χ0v) is 17.6. The van der Waals surface area contributed by atoms with Gasteiger partial charge in [-0.05, 0) is 72.1 Å². The summed E-state index contributed by atoms with van der Waals surface area (Å²) in [6.45, 7) is 13.4. The van der Waals surface area contributed by atoms with Crippen LogP contribution in [0.15, 0.2) is 23.8 Å². The monoisotopic (exact) mass is 385 g/mol. The minimum absolute atomic E-state index is 0.174. The fraction of sp³-hybridized carbons (Fsp3) is 0.550. The molecule has 0 bridgehead atoms. The summed E-state index contributed by atoms with van der Waals surface area (Å²) in [5.41, 5.74) is 0.187. The van der Waals surface area contributed by atoms with Crippen molar-refractivity contribution in [3.8, 4) is 6.07 Å². The van der Waals surface area contributed by atoms with Gasteiger partial charge in [0.05, 0.1) is 22.5 Å². The Morgan fingerprint density at radius 1 is 1.29 bits per heavy atom. The van der Waals surface area contributed by atoms with Gasteiger partial charge < -0.3 is 19.4 Å². The van der Waals surface area contributed by atoms with Crippen LogP contribution in [0.5, 0.6) is 0 Å². The maximum Gasteiger partial charge on any atom is 0.492 e. The van der Waals surface area contributed by atoms with Crippen LogP contribution < -0.4 is 5.32 Å². The Morgan fingerprint density at radius 3 is 2.36 bits per heavy atom. The number of rotatable bonds is 4. The number of pyridine rings is 1. The Labute approximate surface area is 167 Å². The number of alkyl carbamates (subject to hydrolysis) is 1. The summed E-state index contributed by atoms with van der Waals surface area (Å²) in [5.74, 6) is 0. The van der Waals surface area contributed by atoms with Gasteiger partial charge in [0.25, 0.3) is 0 Å². The fourth-order valence-corrected chi connectivity index (χ4v) is 2.43. The maximum absolute atomic E-state index is 12.1. The third-order valence-corrected chi connectivity index (χ3v) is 4.64. The molecule has 1 aromatic heterocycles. The van der Waals surface area contributed by atoms with E-state index in [2.05, 4.69) is 10.3 Å². The summed E-state index contributed by atoms with van der Waals surface area (Å²) in [6.07, 6.45) is 2.76. The number of nitriles is 1. The molecule has 0 aliphatic carbocycles. The second-order valence-corrected chi connectivity index (χ2v) is 8.75. The van der Waals surface area contributed by atoms with E-state index in [0.29, 0.717) is 16.7 Å². The highest BCUT2D eigenvalue weighted by atomic mass is 16.7. The van der Waals surface area contributed by atoms with E-state index in [0.717, 1.165) is 0 Å². The normalized spacial score (nSPS) is 18.5. The molecule has 0 spiro atoms. The molecule has 0 saturated carbocycles. The third-order valence-electron chi connectivity index (χ3n) is 4.64. The lowest BCUT2D eigenvalue weighted by Gasteiger charge is -2.32. The van der Waals surface area contributed by atoms with E-state index < -0.39 is 30.0 Å². The molecule has 150 valence electrons. The molecule has 8 heteroatoms. The van der Waals surface area contributed by atoms with Crippen LogP contribution in [-0.2, 0) is 14.0 Å². The van der Waals surface area contributed by atoms with Crippen molar-refractivity contribution in [1.82, 2.24) is 10.3 Å². The van der Waals surface area contributed by atoms with Crippen LogP contribution in [0.4, 0.5) is 4.79 Å². The topological polar surface area (TPSA) is 93.5 Å². The first kappa shape index (κ1) is 21.9. The van der Waals surface area contributed by atoms with E-state index in [9.17, 15) is 4.79 Å². The summed E-state index contributed by atoms with van der Waals surface area (Å²) in [4.78, 5) is 16.3. The Balaban J connectivity index is 2.24. The van der Waals surface area contributed by atoms with E-state index in [-0.39, 0.29) is 6.54 Å². The third kappa shape index (κ3) is 5.57. The second kappa shape index (κ2) is 7.94. The van der Waals surface area contributed by atoms with Gasteiger partial charge in [0.1, 0.15) is 11.7 Å². The highest BCUT2D eigenvalue weighted by Gasteiger charge is 2.52. The van der Waals surface area contributed by atoms with Crippen molar-refractivity contribution in [1.29, 1.82) is 5.26 Å². The summed E-state index contributed by atoms with van der Waals surface area (Å²) in [5, 5.41) is 11.7. The van der Waals surface area contributed by atoms with Crippen molar-refractivity contribution in [3.63, 3.8) is 0 Å². The summed E-state index contributed by atoms with van der Waals surface area (Å²) >= 11 is 0. The fourth-order valence-electron chi connectivity index (χ4n) is 2.43. The standard InChI is InChI=1S/C20H28BN3O4/c1-18(2,3)26-17(25)24-13-15(10-16-9-8-14(11-22)12-23-16)21-27-19(4,5)20(6,7)28-21/h8-10,12H,13H2,1-7H3,(H,24,25). The van der Waals surface area contributed by atoms with Gasteiger partial charge in [0.15, 0.2) is 0 Å². The summed E-state index contributed by atoms with van der Waals surface area (Å²) in [6, 6.07) is 5.46.